The molecule has 0 amide bonds. The summed E-state index contributed by atoms with van der Waals surface area (Å²) in [6.07, 6.45) is 0. The third-order valence-electron chi connectivity index (χ3n) is 0.912. The lowest BCUT2D eigenvalue weighted by Gasteiger charge is -2.03. The summed E-state index contributed by atoms with van der Waals surface area (Å²) in [6.45, 7) is -1.81. The van der Waals surface area contributed by atoms with Crippen LogP contribution in [-0.2, 0) is 9.36 Å². The number of nitrogens with one attached hydrogen (secondary N) is 1. The average molecular weight is 213 g/mol. The molecule has 0 atom stereocenters. The van der Waals surface area contributed by atoms with Gasteiger partial charge in [0.2, 0.25) is 0 Å². The van der Waals surface area contributed by atoms with Crippen molar-refractivity contribution in [1.29, 1.82) is 0 Å². The Labute approximate surface area is 74.8 Å². The molecule has 0 unspecified atom stereocenters. The molecule has 5 nitrogen and oxygen atoms in total. The van der Waals surface area contributed by atoms with Gasteiger partial charge in [-0.1, -0.05) is 0 Å². The first-order chi connectivity index (χ1) is 5.42. The van der Waals surface area contributed by atoms with Crippen molar-refractivity contribution in [3.63, 3.8) is 0 Å². The Hall–Kier alpha value is 0.130. The molecule has 0 spiro atoms. The van der Waals surface area contributed by atoms with Crippen molar-refractivity contribution in [2.45, 2.75) is 6.92 Å². The molecule has 7 heteroatoms. The van der Waals surface area contributed by atoms with E-state index in [1.165, 1.54) is 6.92 Å². The Bertz CT molecular complexity index is 192. The van der Waals surface area contributed by atoms with E-state index in [1.807, 2.05) is 0 Å². The maximum atomic E-state index is 10.4. The van der Waals surface area contributed by atoms with Gasteiger partial charge in [-0.3, -0.25) is 4.79 Å². The zero-order valence-corrected chi connectivity index (χ0v) is 8.40. The first-order valence-corrected chi connectivity index (χ1v) is 6.52. The highest BCUT2D eigenvalue weighted by Gasteiger charge is 2.11. The van der Waals surface area contributed by atoms with E-state index in [1.54, 1.807) is 0 Å². The van der Waals surface area contributed by atoms with Crippen LogP contribution in [0.15, 0.2) is 0 Å². The molecule has 0 aromatic rings. The lowest BCUT2D eigenvalue weighted by Crippen LogP contribution is -2.23. The predicted octanol–water partition coefficient (Wildman–Crippen LogP) is -0.00910. The summed E-state index contributed by atoms with van der Waals surface area (Å²) in [6, 6.07) is 0. The minimum Gasteiger partial charge on any atom is -0.317 e. The zero-order valence-electron chi connectivity index (χ0n) is 6.69. The van der Waals surface area contributed by atoms with E-state index in [0.717, 1.165) is 0 Å². The fourth-order valence-corrected chi connectivity index (χ4v) is 1.96. The topological polar surface area (TPSA) is 86.6 Å². The highest BCUT2D eigenvalue weighted by molar-refractivity contribution is 8.54. The fourth-order valence-electron chi connectivity index (χ4n) is 0.501. The van der Waals surface area contributed by atoms with Crippen molar-refractivity contribution in [3.05, 3.63) is 0 Å². The number of hydrogen-bond acceptors (Lipinski definition) is 4. The van der Waals surface area contributed by atoms with E-state index in [4.69, 9.17) is 9.79 Å². The molecule has 72 valence electrons. The maximum Gasteiger partial charge on any atom is 0.384 e. The minimum absolute atomic E-state index is 0.0104. The lowest BCUT2D eigenvalue weighted by molar-refractivity contribution is -0.116. The summed E-state index contributed by atoms with van der Waals surface area (Å²) >= 11 is 0.578. The predicted molar refractivity (Wildman–Crippen MR) is 48.1 cm³/mol. The second-order valence-corrected chi connectivity index (χ2v) is 6.05. The third-order valence-corrected chi connectivity index (χ3v) is 3.19. The Balaban J connectivity index is 3.23. The molecule has 0 aliphatic rings. The van der Waals surface area contributed by atoms with Gasteiger partial charge in [0.25, 0.3) is 0 Å². The number of hydrogen-bond donors (Lipinski definition) is 3. The summed E-state index contributed by atoms with van der Waals surface area (Å²) in [5.41, 5.74) is 0. The van der Waals surface area contributed by atoms with Gasteiger partial charge in [0, 0.05) is 12.3 Å². The average Bonchev–Trinajstić information content (AvgIpc) is 1.83. The molecular formula is C5H12NO4PS. The van der Waals surface area contributed by atoms with Gasteiger partial charge in [0.1, 0.15) is 5.78 Å². The summed E-state index contributed by atoms with van der Waals surface area (Å²) in [7, 11) is 0. The summed E-state index contributed by atoms with van der Waals surface area (Å²) in [4.78, 5) is 27.2. The summed E-state index contributed by atoms with van der Waals surface area (Å²) < 4.78 is 10.3. The first-order valence-electron chi connectivity index (χ1n) is 3.32. The quantitative estimate of drug-likeness (QED) is 0.425. The lowest BCUT2D eigenvalue weighted by atomic mass is 10.4. The van der Waals surface area contributed by atoms with Crippen LogP contribution in [0.2, 0.25) is 0 Å². The zero-order chi connectivity index (χ0) is 9.61. The van der Waals surface area contributed by atoms with Crippen molar-refractivity contribution in [2.75, 3.05) is 18.8 Å². The van der Waals surface area contributed by atoms with Gasteiger partial charge in [-0.15, -0.1) is 0 Å². The molecule has 0 aliphatic heterocycles. The number of rotatable bonds is 6. The normalized spacial score (nSPS) is 11.6. The molecule has 12 heavy (non-hydrogen) atoms. The van der Waals surface area contributed by atoms with Gasteiger partial charge in [0.05, 0.1) is 6.54 Å². The summed E-state index contributed by atoms with van der Waals surface area (Å²) in [5.74, 6) is 0.313. The Morgan fingerprint density at radius 1 is 1.58 bits per heavy atom. The van der Waals surface area contributed by atoms with Gasteiger partial charge in [0.15, 0.2) is 0 Å². The molecule has 0 saturated carbocycles. The van der Waals surface area contributed by atoms with E-state index < -0.39 is 6.80 Å². The monoisotopic (exact) mass is 213 g/mol. The molecule has 0 heterocycles. The minimum atomic E-state index is -3.94. The van der Waals surface area contributed by atoms with E-state index in [2.05, 4.69) is 5.32 Å². The largest absolute Gasteiger partial charge is 0.384 e. The van der Waals surface area contributed by atoms with Gasteiger partial charge in [-0.05, 0) is 18.3 Å². The molecule has 0 saturated heterocycles. The number of ketones is 1. The van der Waals surface area contributed by atoms with Crippen molar-refractivity contribution < 1.29 is 19.1 Å². The van der Waals surface area contributed by atoms with Crippen LogP contribution >= 0.6 is 18.2 Å². The van der Waals surface area contributed by atoms with Gasteiger partial charge < -0.3 is 15.1 Å². The Morgan fingerprint density at radius 3 is 2.58 bits per heavy atom. The van der Waals surface area contributed by atoms with Crippen LogP contribution in [0.4, 0.5) is 0 Å². The first kappa shape index (κ1) is 12.1. The van der Waals surface area contributed by atoms with E-state index in [9.17, 15) is 9.36 Å². The van der Waals surface area contributed by atoms with Crippen LogP contribution in [0.5, 0.6) is 0 Å². The van der Waals surface area contributed by atoms with Crippen LogP contribution in [0.1, 0.15) is 6.92 Å². The molecule has 0 aliphatic carbocycles. The van der Waals surface area contributed by atoms with Crippen molar-refractivity contribution in [2.24, 2.45) is 0 Å². The van der Waals surface area contributed by atoms with E-state index in [0.29, 0.717) is 23.7 Å². The van der Waals surface area contributed by atoms with Crippen molar-refractivity contribution in [3.8, 4) is 0 Å². The highest BCUT2D eigenvalue weighted by atomic mass is 32.7. The summed E-state index contributed by atoms with van der Waals surface area (Å²) in [5, 5.41) is 2.74. The van der Waals surface area contributed by atoms with Crippen molar-refractivity contribution >= 4 is 24.0 Å². The fraction of sp³-hybridized carbons (Fsp3) is 0.800. The van der Waals surface area contributed by atoms with Crippen molar-refractivity contribution in [1.82, 2.24) is 5.32 Å². The van der Waals surface area contributed by atoms with Crippen LogP contribution in [0, 0.1) is 0 Å². The Morgan fingerprint density at radius 2 is 2.17 bits per heavy atom. The third kappa shape index (κ3) is 10.1. The number of Topliss-reactive ketones (excluding diaryl/α,β-unsaturated/α-hetero) is 1. The van der Waals surface area contributed by atoms with E-state index >= 15 is 0 Å². The molecular weight excluding hydrogens is 201 g/mol. The van der Waals surface area contributed by atoms with Crippen LogP contribution in [-0.4, -0.2) is 34.4 Å². The molecule has 0 aromatic heterocycles. The Kier molecular flexibility index (Phi) is 5.78. The second kappa shape index (κ2) is 5.72. The maximum absolute atomic E-state index is 10.4. The smallest absolute Gasteiger partial charge is 0.317 e. The van der Waals surface area contributed by atoms with Gasteiger partial charge in [-0.25, -0.2) is 4.57 Å². The van der Waals surface area contributed by atoms with Crippen LogP contribution in [0.25, 0.3) is 0 Å². The molecule has 3 N–H and O–H groups in total. The highest BCUT2D eigenvalue weighted by Crippen LogP contribution is 2.49. The molecule has 0 fully saturated rings. The molecule has 0 aromatic carbocycles. The number of carbonyl (C=O) groups is 1. The van der Waals surface area contributed by atoms with Gasteiger partial charge in [-0.2, -0.15) is 0 Å². The van der Waals surface area contributed by atoms with Crippen LogP contribution < -0.4 is 5.32 Å². The second-order valence-electron chi connectivity index (χ2n) is 2.20. The molecule has 0 rings (SSSR count). The van der Waals surface area contributed by atoms with E-state index in [-0.39, 0.29) is 12.3 Å². The molecule has 0 radical (unpaired) electrons. The number of carbonyl (C=O) groups excluding carboxylic acids is 1. The SMILES string of the molecule is CC(=O)CNCCSP(=O)(O)O. The van der Waals surface area contributed by atoms with Crippen LogP contribution in [0.3, 0.4) is 0 Å². The standard InChI is InChI=1S/C5H12NO4PS/c1-5(7)4-6-2-3-12-11(8,9)10/h6H,2-4H2,1H3,(H2,8,9,10). The molecule has 0 bridgehead atoms. The van der Waals surface area contributed by atoms with Gasteiger partial charge >= 0.3 is 6.80 Å².